The van der Waals surface area contributed by atoms with E-state index >= 15 is 0 Å². The number of rotatable bonds is 4. The Balaban J connectivity index is 0.00000180. The normalized spacial score (nSPS) is 15.6. The minimum atomic E-state index is -0.103. The van der Waals surface area contributed by atoms with Gasteiger partial charge < -0.3 is 20.4 Å². The van der Waals surface area contributed by atoms with Crippen molar-refractivity contribution in [1.82, 2.24) is 5.32 Å². The minimum Gasteiger partial charge on any atom is -0.870 e. The fourth-order valence-electron chi connectivity index (χ4n) is 2.00. The molecule has 0 aromatic heterocycles. The SMILES string of the molecule is O=C(NCC[NH+]1CCOCC1)c1ccccc1Cl.[OH-]. The van der Waals surface area contributed by atoms with Crippen molar-refractivity contribution in [1.29, 1.82) is 0 Å². The number of nitrogens with one attached hydrogen (secondary N) is 2. The maximum absolute atomic E-state index is 11.9. The van der Waals surface area contributed by atoms with Crippen molar-refractivity contribution in [2.24, 2.45) is 0 Å². The molecule has 1 aliphatic heterocycles. The molecule has 19 heavy (non-hydrogen) atoms. The second kappa shape index (κ2) is 8.12. The molecule has 106 valence electrons. The number of hydrogen-bond acceptors (Lipinski definition) is 3. The van der Waals surface area contributed by atoms with Crippen molar-refractivity contribution in [2.75, 3.05) is 39.4 Å². The van der Waals surface area contributed by atoms with Gasteiger partial charge in [-0.1, -0.05) is 23.7 Å². The Morgan fingerprint density at radius 2 is 2.00 bits per heavy atom. The summed E-state index contributed by atoms with van der Waals surface area (Å²) in [5.74, 6) is -0.103. The van der Waals surface area contributed by atoms with Gasteiger partial charge in [0.05, 0.1) is 36.9 Å². The molecule has 1 aromatic rings. The summed E-state index contributed by atoms with van der Waals surface area (Å²) in [6.45, 7) is 5.25. The van der Waals surface area contributed by atoms with Gasteiger partial charge in [0.25, 0.3) is 5.91 Å². The van der Waals surface area contributed by atoms with Gasteiger partial charge in [0.1, 0.15) is 13.1 Å². The molecular weight excluding hydrogens is 268 g/mol. The number of morpholine rings is 1. The Morgan fingerprint density at radius 3 is 2.68 bits per heavy atom. The standard InChI is InChI=1S/C13H17ClN2O2.H2O/c14-12-4-2-1-3-11(12)13(17)15-5-6-16-7-9-18-10-8-16;/h1-4H,5-10H2,(H,15,17);1H2. The zero-order chi connectivity index (χ0) is 12.8. The van der Waals surface area contributed by atoms with Crippen molar-refractivity contribution >= 4 is 17.5 Å². The molecule has 0 bridgehead atoms. The van der Waals surface area contributed by atoms with Crippen LogP contribution in [0.5, 0.6) is 0 Å². The predicted octanol–water partition coefficient (Wildman–Crippen LogP) is -0.192. The number of halogens is 1. The summed E-state index contributed by atoms with van der Waals surface area (Å²) in [5.41, 5.74) is 0.538. The average molecular weight is 287 g/mol. The number of benzene rings is 1. The molecule has 1 fully saturated rings. The average Bonchev–Trinajstić information content (AvgIpc) is 2.40. The molecule has 6 heteroatoms. The Bertz CT molecular complexity index is 409. The fraction of sp³-hybridized carbons (Fsp3) is 0.462. The molecule has 1 aliphatic rings. The van der Waals surface area contributed by atoms with Crippen molar-refractivity contribution in [3.05, 3.63) is 34.9 Å². The highest BCUT2D eigenvalue weighted by molar-refractivity contribution is 6.33. The summed E-state index contributed by atoms with van der Waals surface area (Å²) in [4.78, 5) is 13.4. The summed E-state index contributed by atoms with van der Waals surface area (Å²) in [5, 5.41) is 3.40. The Kier molecular flexibility index (Phi) is 6.80. The van der Waals surface area contributed by atoms with Gasteiger partial charge in [-0.3, -0.25) is 4.79 Å². The zero-order valence-electron chi connectivity index (χ0n) is 10.7. The number of amides is 1. The lowest BCUT2D eigenvalue weighted by molar-refractivity contribution is -0.906. The molecule has 3 N–H and O–H groups in total. The molecule has 0 aliphatic carbocycles. The molecule has 1 saturated heterocycles. The predicted molar refractivity (Wildman–Crippen MR) is 72.1 cm³/mol. The van der Waals surface area contributed by atoms with E-state index in [0.29, 0.717) is 17.1 Å². The van der Waals surface area contributed by atoms with Gasteiger partial charge in [-0.25, -0.2) is 0 Å². The summed E-state index contributed by atoms with van der Waals surface area (Å²) in [7, 11) is 0. The number of quaternary nitrogens is 1. The van der Waals surface area contributed by atoms with Crippen LogP contribution >= 0.6 is 11.6 Å². The van der Waals surface area contributed by atoms with Crippen LogP contribution in [0.1, 0.15) is 10.4 Å². The van der Waals surface area contributed by atoms with Crippen molar-refractivity contribution in [3.63, 3.8) is 0 Å². The quantitative estimate of drug-likeness (QED) is 0.806. The maximum atomic E-state index is 11.9. The molecule has 1 amide bonds. The molecule has 0 atom stereocenters. The summed E-state index contributed by atoms with van der Waals surface area (Å²) in [6, 6.07) is 7.09. The minimum absolute atomic E-state index is 0. The van der Waals surface area contributed by atoms with E-state index in [4.69, 9.17) is 16.3 Å². The van der Waals surface area contributed by atoms with Crippen LogP contribution in [0.4, 0.5) is 0 Å². The van der Waals surface area contributed by atoms with Gasteiger partial charge in [0, 0.05) is 0 Å². The summed E-state index contributed by atoms with van der Waals surface area (Å²) in [6.07, 6.45) is 0. The van der Waals surface area contributed by atoms with Crippen LogP contribution in [-0.2, 0) is 4.74 Å². The van der Waals surface area contributed by atoms with E-state index in [-0.39, 0.29) is 11.4 Å². The molecule has 1 aromatic carbocycles. The number of hydrogen-bond donors (Lipinski definition) is 2. The maximum Gasteiger partial charge on any atom is 0.253 e. The lowest BCUT2D eigenvalue weighted by Gasteiger charge is -2.23. The van der Waals surface area contributed by atoms with E-state index in [1.165, 1.54) is 4.90 Å². The van der Waals surface area contributed by atoms with E-state index in [9.17, 15) is 4.79 Å². The van der Waals surface area contributed by atoms with Crippen LogP contribution < -0.4 is 10.2 Å². The first-order valence-electron chi connectivity index (χ1n) is 6.21. The molecular formula is C13H19ClN2O3. The van der Waals surface area contributed by atoms with Crippen LogP contribution in [0.2, 0.25) is 5.02 Å². The van der Waals surface area contributed by atoms with E-state index in [1.54, 1.807) is 12.1 Å². The van der Waals surface area contributed by atoms with Crippen LogP contribution in [-0.4, -0.2) is 50.8 Å². The van der Waals surface area contributed by atoms with Crippen LogP contribution in [0.25, 0.3) is 0 Å². The third kappa shape index (κ3) is 4.80. The number of carbonyl (C=O) groups is 1. The zero-order valence-corrected chi connectivity index (χ0v) is 11.4. The van der Waals surface area contributed by atoms with Crippen LogP contribution in [0.15, 0.2) is 24.3 Å². The van der Waals surface area contributed by atoms with E-state index in [2.05, 4.69) is 5.32 Å². The smallest absolute Gasteiger partial charge is 0.253 e. The largest absolute Gasteiger partial charge is 0.870 e. The topological polar surface area (TPSA) is 72.8 Å². The molecule has 5 nitrogen and oxygen atoms in total. The summed E-state index contributed by atoms with van der Waals surface area (Å²) >= 11 is 5.96. The highest BCUT2D eigenvalue weighted by Crippen LogP contribution is 2.14. The van der Waals surface area contributed by atoms with Crippen LogP contribution in [0, 0.1) is 0 Å². The molecule has 0 radical (unpaired) electrons. The van der Waals surface area contributed by atoms with Crippen LogP contribution in [0.3, 0.4) is 0 Å². The lowest BCUT2D eigenvalue weighted by atomic mass is 10.2. The highest BCUT2D eigenvalue weighted by atomic mass is 35.5. The number of ether oxygens (including phenoxy) is 1. The number of carbonyl (C=O) groups excluding carboxylic acids is 1. The molecule has 0 unspecified atom stereocenters. The Morgan fingerprint density at radius 1 is 1.32 bits per heavy atom. The monoisotopic (exact) mass is 286 g/mol. The molecule has 0 spiro atoms. The van der Waals surface area contributed by atoms with Crippen molar-refractivity contribution < 1.29 is 19.9 Å². The second-order valence-electron chi connectivity index (χ2n) is 4.35. The van der Waals surface area contributed by atoms with E-state index < -0.39 is 0 Å². The van der Waals surface area contributed by atoms with Gasteiger partial charge in [0.15, 0.2) is 0 Å². The Labute approximate surface area is 117 Å². The Hall–Kier alpha value is -1.14. The highest BCUT2D eigenvalue weighted by Gasteiger charge is 2.14. The molecule has 0 saturated carbocycles. The van der Waals surface area contributed by atoms with Gasteiger partial charge in [-0.15, -0.1) is 0 Å². The third-order valence-electron chi connectivity index (χ3n) is 3.08. The van der Waals surface area contributed by atoms with Crippen molar-refractivity contribution in [3.8, 4) is 0 Å². The second-order valence-corrected chi connectivity index (χ2v) is 4.76. The van der Waals surface area contributed by atoms with Gasteiger partial charge in [-0.05, 0) is 12.1 Å². The van der Waals surface area contributed by atoms with E-state index in [0.717, 1.165) is 32.8 Å². The van der Waals surface area contributed by atoms with Crippen molar-refractivity contribution in [2.45, 2.75) is 0 Å². The first-order valence-corrected chi connectivity index (χ1v) is 6.59. The fourth-order valence-corrected chi connectivity index (χ4v) is 2.23. The molecule has 1 heterocycles. The van der Waals surface area contributed by atoms with Gasteiger partial charge >= 0.3 is 0 Å². The lowest BCUT2D eigenvalue weighted by Crippen LogP contribution is -3.14. The molecule has 2 rings (SSSR count). The van der Waals surface area contributed by atoms with Gasteiger partial charge in [-0.2, -0.15) is 0 Å². The van der Waals surface area contributed by atoms with E-state index in [1.807, 2.05) is 12.1 Å². The first kappa shape index (κ1) is 15.9. The third-order valence-corrected chi connectivity index (χ3v) is 3.41. The first-order chi connectivity index (χ1) is 8.77. The van der Waals surface area contributed by atoms with Gasteiger partial charge in [0.2, 0.25) is 0 Å². The summed E-state index contributed by atoms with van der Waals surface area (Å²) < 4.78 is 5.29.